The number of nitrogens with zero attached hydrogens (tertiary/aromatic N) is 1. The van der Waals surface area contributed by atoms with E-state index in [4.69, 9.17) is 4.84 Å². The zero-order chi connectivity index (χ0) is 14.8. The predicted octanol–water partition coefficient (Wildman–Crippen LogP) is 1.99. The summed E-state index contributed by atoms with van der Waals surface area (Å²) in [6.45, 7) is 0. The van der Waals surface area contributed by atoms with Crippen molar-refractivity contribution >= 4 is 28.6 Å². The second-order valence-corrected chi connectivity index (χ2v) is 4.90. The molecule has 5 heteroatoms. The number of hydroxylamine groups is 2. The first-order chi connectivity index (χ1) is 10.1. The van der Waals surface area contributed by atoms with Crippen LogP contribution in [-0.2, 0) is 25.6 Å². The highest BCUT2D eigenvalue weighted by molar-refractivity contribution is 6.01. The predicted molar refractivity (Wildman–Crippen MR) is 74.8 cm³/mol. The third-order valence-corrected chi connectivity index (χ3v) is 3.36. The van der Waals surface area contributed by atoms with Gasteiger partial charge in [-0.05, 0) is 16.3 Å². The second-order valence-electron chi connectivity index (χ2n) is 4.90. The molecule has 106 valence electrons. The monoisotopic (exact) mass is 283 g/mol. The molecule has 0 bridgehead atoms. The summed E-state index contributed by atoms with van der Waals surface area (Å²) < 4.78 is 0. The van der Waals surface area contributed by atoms with E-state index < -0.39 is 17.8 Å². The van der Waals surface area contributed by atoms with Gasteiger partial charge in [-0.2, -0.15) is 0 Å². The van der Waals surface area contributed by atoms with Gasteiger partial charge in [0.25, 0.3) is 11.8 Å². The van der Waals surface area contributed by atoms with Gasteiger partial charge in [-0.1, -0.05) is 42.5 Å². The Labute approximate surface area is 121 Å². The fourth-order valence-electron chi connectivity index (χ4n) is 2.31. The van der Waals surface area contributed by atoms with Crippen molar-refractivity contribution in [3.05, 3.63) is 48.0 Å². The summed E-state index contributed by atoms with van der Waals surface area (Å²) in [5.74, 6) is -1.55. The number of hydrogen-bond donors (Lipinski definition) is 0. The molecule has 0 spiro atoms. The molecular formula is C16H13NO4. The fraction of sp³-hybridized carbons (Fsp3) is 0.188. The summed E-state index contributed by atoms with van der Waals surface area (Å²) in [5.41, 5.74) is 0.776. The zero-order valence-electron chi connectivity index (χ0n) is 11.2. The van der Waals surface area contributed by atoms with Gasteiger partial charge in [-0.3, -0.25) is 9.59 Å². The average molecular weight is 283 g/mol. The standard InChI is InChI=1S/C16H13NO4/c18-14-7-8-15(19)17(14)21-16(20)10-11-5-6-12-3-1-2-4-13(12)9-11/h1-6,9H,7-8,10H2. The van der Waals surface area contributed by atoms with E-state index in [1.807, 2.05) is 42.5 Å². The minimum absolute atomic E-state index is 0.0158. The van der Waals surface area contributed by atoms with Crippen molar-refractivity contribution in [3.63, 3.8) is 0 Å². The molecule has 2 aromatic rings. The van der Waals surface area contributed by atoms with Gasteiger partial charge in [0.15, 0.2) is 0 Å². The van der Waals surface area contributed by atoms with Crippen LogP contribution in [0.15, 0.2) is 42.5 Å². The van der Waals surface area contributed by atoms with Crippen molar-refractivity contribution in [1.29, 1.82) is 0 Å². The van der Waals surface area contributed by atoms with Gasteiger partial charge in [0, 0.05) is 12.8 Å². The molecule has 5 nitrogen and oxygen atoms in total. The molecule has 2 aromatic carbocycles. The van der Waals surface area contributed by atoms with Gasteiger partial charge < -0.3 is 4.84 Å². The number of carbonyl (C=O) groups excluding carboxylic acids is 3. The van der Waals surface area contributed by atoms with Gasteiger partial charge in [0.05, 0.1) is 6.42 Å². The molecular weight excluding hydrogens is 270 g/mol. The Morgan fingerprint density at radius 3 is 2.38 bits per heavy atom. The van der Waals surface area contributed by atoms with Crippen molar-refractivity contribution in [2.24, 2.45) is 0 Å². The van der Waals surface area contributed by atoms with Gasteiger partial charge in [0.2, 0.25) is 0 Å². The molecule has 1 aliphatic heterocycles. The molecule has 0 saturated carbocycles. The van der Waals surface area contributed by atoms with Crippen molar-refractivity contribution in [2.75, 3.05) is 0 Å². The lowest BCUT2D eigenvalue weighted by Crippen LogP contribution is -2.32. The highest BCUT2D eigenvalue weighted by atomic mass is 16.7. The van der Waals surface area contributed by atoms with E-state index in [0.717, 1.165) is 16.3 Å². The Kier molecular flexibility index (Phi) is 3.39. The summed E-state index contributed by atoms with van der Waals surface area (Å²) in [7, 11) is 0. The number of imide groups is 1. The lowest BCUT2D eigenvalue weighted by Gasteiger charge is -2.12. The van der Waals surface area contributed by atoms with Gasteiger partial charge >= 0.3 is 5.97 Å². The van der Waals surface area contributed by atoms with Crippen molar-refractivity contribution < 1.29 is 19.2 Å². The highest BCUT2D eigenvalue weighted by Gasteiger charge is 2.32. The molecule has 0 aromatic heterocycles. The molecule has 0 unspecified atom stereocenters. The summed E-state index contributed by atoms with van der Waals surface area (Å²) in [6, 6.07) is 13.5. The molecule has 1 saturated heterocycles. The minimum atomic E-state index is -0.617. The summed E-state index contributed by atoms with van der Waals surface area (Å²) >= 11 is 0. The lowest BCUT2D eigenvalue weighted by atomic mass is 10.1. The fourth-order valence-corrected chi connectivity index (χ4v) is 2.31. The van der Waals surface area contributed by atoms with Crippen LogP contribution in [0.3, 0.4) is 0 Å². The number of fused-ring (bicyclic) bond motifs is 1. The Bertz CT molecular complexity index is 722. The van der Waals surface area contributed by atoms with Crippen LogP contribution in [0.2, 0.25) is 0 Å². The Hall–Kier alpha value is -2.69. The van der Waals surface area contributed by atoms with Gasteiger partial charge in [0.1, 0.15) is 0 Å². The Balaban J connectivity index is 1.71. The highest BCUT2D eigenvalue weighted by Crippen LogP contribution is 2.17. The van der Waals surface area contributed by atoms with Crippen molar-refractivity contribution in [2.45, 2.75) is 19.3 Å². The van der Waals surface area contributed by atoms with E-state index in [1.165, 1.54) is 0 Å². The SMILES string of the molecule is O=C(Cc1ccc2ccccc2c1)ON1C(=O)CCC1=O. The first-order valence-corrected chi connectivity index (χ1v) is 6.68. The molecule has 3 rings (SSSR count). The smallest absolute Gasteiger partial charge is 0.330 e. The minimum Gasteiger partial charge on any atom is -0.330 e. The van der Waals surface area contributed by atoms with Crippen LogP contribution < -0.4 is 0 Å². The Morgan fingerprint density at radius 1 is 1.00 bits per heavy atom. The lowest BCUT2D eigenvalue weighted by molar-refractivity contribution is -0.197. The van der Waals surface area contributed by atoms with Crippen LogP contribution in [-0.4, -0.2) is 22.8 Å². The molecule has 0 aliphatic carbocycles. The first-order valence-electron chi connectivity index (χ1n) is 6.68. The molecule has 1 aliphatic rings. The maximum Gasteiger partial charge on any atom is 0.337 e. The van der Waals surface area contributed by atoms with Crippen LogP contribution in [0.25, 0.3) is 10.8 Å². The number of benzene rings is 2. The number of rotatable bonds is 3. The van der Waals surface area contributed by atoms with E-state index in [0.29, 0.717) is 5.06 Å². The average Bonchev–Trinajstić information content (AvgIpc) is 2.79. The van der Waals surface area contributed by atoms with Crippen molar-refractivity contribution in [1.82, 2.24) is 5.06 Å². The Morgan fingerprint density at radius 2 is 1.67 bits per heavy atom. The zero-order valence-corrected chi connectivity index (χ0v) is 11.2. The van der Waals surface area contributed by atoms with Crippen LogP contribution in [0, 0.1) is 0 Å². The maximum absolute atomic E-state index is 11.8. The normalized spacial score (nSPS) is 14.8. The molecule has 0 radical (unpaired) electrons. The quantitative estimate of drug-likeness (QED) is 0.808. The molecule has 1 heterocycles. The van der Waals surface area contributed by atoms with Crippen LogP contribution in [0.5, 0.6) is 0 Å². The maximum atomic E-state index is 11.8. The van der Waals surface area contributed by atoms with Gasteiger partial charge in [-0.25, -0.2) is 4.79 Å². The second kappa shape index (κ2) is 5.36. The third kappa shape index (κ3) is 2.76. The summed E-state index contributed by atoms with van der Waals surface area (Å²) in [4.78, 5) is 39.4. The van der Waals surface area contributed by atoms with Gasteiger partial charge in [-0.15, -0.1) is 5.06 Å². The summed E-state index contributed by atoms with van der Waals surface area (Å²) in [6.07, 6.45) is 0.214. The molecule has 0 N–H and O–H groups in total. The largest absolute Gasteiger partial charge is 0.337 e. The third-order valence-electron chi connectivity index (χ3n) is 3.36. The van der Waals surface area contributed by atoms with E-state index in [9.17, 15) is 14.4 Å². The van der Waals surface area contributed by atoms with Crippen LogP contribution in [0.4, 0.5) is 0 Å². The number of hydrogen-bond acceptors (Lipinski definition) is 4. The molecule has 21 heavy (non-hydrogen) atoms. The molecule has 1 fully saturated rings. The summed E-state index contributed by atoms with van der Waals surface area (Å²) in [5, 5.41) is 2.68. The number of amides is 2. The number of carbonyl (C=O) groups is 3. The van der Waals surface area contributed by atoms with Crippen LogP contribution in [0.1, 0.15) is 18.4 Å². The molecule has 2 amide bonds. The van der Waals surface area contributed by atoms with Crippen molar-refractivity contribution in [3.8, 4) is 0 Å². The molecule has 0 atom stereocenters. The van der Waals surface area contributed by atoms with E-state index in [1.54, 1.807) is 0 Å². The first kappa shape index (κ1) is 13.3. The van der Waals surface area contributed by atoms with E-state index >= 15 is 0 Å². The topological polar surface area (TPSA) is 63.7 Å². The van der Waals surface area contributed by atoms with Crippen LogP contribution >= 0.6 is 0 Å². The van der Waals surface area contributed by atoms with E-state index in [-0.39, 0.29) is 19.3 Å². The van der Waals surface area contributed by atoms with E-state index in [2.05, 4.69) is 0 Å².